The molecule has 0 aliphatic heterocycles. The summed E-state index contributed by atoms with van der Waals surface area (Å²) in [6.45, 7) is 0. The number of hydrogen-bond donors (Lipinski definition) is 1. The molecule has 0 saturated carbocycles. The van der Waals surface area contributed by atoms with Crippen molar-refractivity contribution >= 4 is 19.9 Å². The Kier molecular flexibility index (Phi) is 3.17. The van der Waals surface area contributed by atoms with Crippen molar-refractivity contribution in [1.82, 2.24) is 0 Å². The van der Waals surface area contributed by atoms with Gasteiger partial charge in [-0.05, 0) is 11.6 Å². The Morgan fingerprint density at radius 3 is 2.13 bits per heavy atom. The molecule has 0 aliphatic carbocycles. The molecule has 15 heavy (non-hydrogen) atoms. The van der Waals surface area contributed by atoms with Crippen molar-refractivity contribution < 1.29 is 16.8 Å². The van der Waals surface area contributed by atoms with E-state index >= 15 is 0 Å². The molecular weight excluding hydrogens is 238 g/mol. The molecule has 1 aromatic rings. The summed E-state index contributed by atoms with van der Waals surface area (Å²) in [4.78, 5) is -0.143. The quantitative estimate of drug-likeness (QED) is 0.808. The lowest BCUT2D eigenvalue weighted by Gasteiger charge is -2.05. The van der Waals surface area contributed by atoms with Gasteiger partial charge in [0.25, 0.3) is 0 Å². The first kappa shape index (κ1) is 12.2. The highest BCUT2D eigenvalue weighted by Crippen LogP contribution is 2.15. The van der Waals surface area contributed by atoms with Gasteiger partial charge in [-0.25, -0.2) is 22.0 Å². The second-order valence-electron chi connectivity index (χ2n) is 3.22. The molecule has 1 aromatic carbocycles. The first-order valence-electron chi connectivity index (χ1n) is 3.98. The number of benzene rings is 1. The lowest BCUT2D eigenvalue weighted by atomic mass is 10.2. The Balaban J connectivity index is 3.32. The zero-order chi connectivity index (χ0) is 11.7. The van der Waals surface area contributed by atoms with Gasteiger partial charge in [-0.15, -0.1) is 0 Å². The predicted molar refractivity (Wildman–Crippen MR) is 56.4 cm³/mol. The average molecular weight is 249 g/mol. The van der Waals surface area contributed by atoms with Gasteiger partial charge in [0.2, 0.25) is 10.0 Å². The topological polar surface area (TPSA) is 94.3 Å². The first-order valence-corrected chi connectivity index (χ1v) is 7.59. The fourth-order valence-electron chi connectivity index (χ4n) is 1.18. The largest absolute Gasteiger partial charge is 0.238 e. The molecule has 84 valence electrons. The molecule has 0 aliphatic rings. The highest BCUT2D eigenvalue weighted by Gasteiger charge is 2.16. The maximum Gasteiger partial charge on any atom is 0.238 e. The maximum atomic E-state index is 11.1. The van der Waals surface area contributed by atoms with Crippen LogP contribution in [0.15, 0.2) is 29.2 Å². The van der Waals surface area contributed by atoms with Crippen LogP contribution in [-0.2, 0) is 25.6 Å². The predicted octanol–water partition coefficient (Wildman–Crippen LogP) is -0.121. The zero-order valence-electron chi connectivity index (χ0n) is 8.04. The summed E-state index contributed by atoms with van der Waals surface area (Å²) >= 11 is 0. The number of sulfonamides is 1. The molecule has 1 rings (SSSR count). The molecule has 0 aromatic heterocycles. The van der Waals surface area contributed by atoms with Crippen LogP contribution in [0, 0.1) is 0 Å². The summed E-state index contributed by atoms with van der Waals surface area (Å²) in [6, 6.07) is 5.78. The standard InChI is InChI=1S/C8H11NO4S2/c1-14(10,11)6-7-4-2-3-5-8(7)15(9,12)13/h2-5H,6H2,1H3,(H2,9,12,13). The van der Waals surface area contributed by atoms with Crippen molar-refractivity contribution in [1.29, 1.82) is 0 Å². The number of sulfone groups is 1. The van der Waals surface area contributed by atoms with E-state index in [0.717, 1.165) is 6.26 Å². The van der Waals surface area contributed by atoms with Crippen LogP contribution in [0.4, 0.5) is 0 Å². The van der Waals surface area contributed by atoms with Crippen molar-refractivity contribution in [3.8, 4) is 0 Å². The number of nitrogens with two attached hydrogens (primary N) is 1. The van der Waals surface area contributed by atoms with Gasteiger partial charge in [-0.3, -0.25) is 0 Å². The van der Waals surface area contributed by atoms with E-state index in [1.54, 1.807) is 6.07 Å². The second kappa shape index (κ2) is 3.92. The van der Waals surface area contributed by atoms with Crippen molar-refractivity contribution in [2.75, 3.05) is 6.26 Å². The van der Waals surface area contributed by atoms with Gasteiger partial charge < -0.3 is 0 Å². The summed E-state index contributed by atoms with van der Waals surface area (Å²) in [5.41, 5.74) is 0.197. The third-order valence-electron chi connectivity index (χ3n) is 1.70. The van der Waals surface area contributed by atoms with Gasteiger partial charge in [0.1, 0.15) is 0 Å². The van der Waals surface area contributed by atoms with Crippen molar-refractivity contribution in [2.24, 2.45) is 5.14 Å². The van der Waals surface area contributed by atoms with Crippen LogP contribution in [0.2, 0.25) is 0 Å². The minimum Gasteiger partial charge on any atom is -0.229 e. The molecule has 0 saturated heterocycles. The monoisotopic (exact) mass is 249 g/mol. The molecule has 5 nitrogen and oxygen atoms in total. The van der Waals surface area contributed by atoms with Gasteiger partial charge in [0.15, 0.2) is 9.84 Å². The Morgan fingerprint density at radius 1 is 1.13 bits per heavy atom. The smallest absolute Gasteiger partial charge is 0.229 e. The molecular formula is C8H11NO4S2. The normalized spacial score (nSPS) is 12.7. The van der Waals surface area contributed by atoms with Crippen LogP contribution in [-0.4, -0.2) is 23.1 Å². The van der Waals surface area contributed by atoms with Gasteiger partial charge in [0.05, 0.1) is 10.6 Å². The van der Waals surface area contributed by atoms with Crippen LogP contribution in [0.1, 0.15) is 5.56 Å². The van der Waals surface area contributed by atoms with E-state index in [1.165, 1.54) is 18.2 Å². The SMILES string of the molecule is CS(=O)(=O)Cc1ccccc1S(N)(=O)=O. The highest BCUT2D eigenvalue weighted by molar-refractivity contribution is 7.90. The molecule has 0 spiro atoms. The van der Waals surface area contributed by atoms with Crippen molar-refractivity contribution in [3.05, 3.63) is 29.8 Å². The van der Waals surface area contributed by atoms with Gasteiger partial charge in [-0.2, -0.15) is 0 Å². The summed E-state index contributed by atoms with van der Waals surface area (Å²) in [7, 11) is -7.15. The van der Waals surface area contributed by atoms with Gasteiger partial charge in [-0.1, -0.05) is 18.2 Å². The van der Waals surface area contributed by atoms with Gasteiger partial charge in [0, 0.05) is 6.26 Å². The van der Waals surface area contributed by atoms with Crippen molar-refractivity contribution in [3.63, 3.8) is 0 Å². The maximum absolute atomic E-state index is 11.1. The molecule has 0 bridgehead atoms. The summed E-state index contributed by atoms with van der Waals surface area (Å²) in [5.74, 6) is -0.334. The van der Waals surface area contributed by atoms with E-state index in [4.69, 9.17) is 5.14 Å². The van der Waals surface area contributed by atoms with E-state index in [-0.39, 0.29) is 16.2 Å². The molecule has 0 unspecified atom stereocenters. The first-order chi connectivity index (χ1) is 6.70. The summed E-state index contributed by atoms with van der Waals surface area (Å²) < 4.78 is 44.3. The van der Waals surface area contributed by atoms with E-state index in [0.29, 0.717) is 0 Å². The van der Waals surface area contributed by atoms with E-state index < -0.39 is 19.9 Å². The fourth-order valence-corrected chi connectivity index (χ4v) is 2.87. The Hall–Kier alpha value is -0.920. The van der Waals surface area contributed by atoms with Crippen LogP contribution >= 0.6 is 0 Å². The average Bonchev–Trinajstić information content (AvgIpc) is 1.99. The number of primary sulfonamides is 1. The lowest BCUT2D eigenvalue weighted by Crippen LogP contribution is -2.15. The van der Waals surface area contributed by atoms with Crippen LogP contribution < -0.4 is 5.14 Å². The summed E-state index contributed by atoms with van der Waals surface area (Å²) in [5, 5.41) is 4.95. The van der Waals surface area contributed by atoms with E-state index in [1.807, 2.05) is 0 Å². The zero-order valence-corrected chi connectivity index (χ0v) is 9.68. The van der Waals surface area contributed by atoms with E-state index in [9.17, 15) is 16.8 Å². The third kappa shape index (κ3) is 3.61. The van der Waals surface area contributed by atoms with E-state index in [2.05, 4.69) is 0 Å². The Morgan fingerprint density at radius 2 is 1.67 bits per heavy atom. The molecule has 2 N–H and O–H groups in total. The molecule has 0 fully saturated rings. The molecule has 0 radical (unpaired) electrons. The molecule has 7 heteroatoms. The van der Waals surface area contributed by atoms with Crippen LogP contribution in [0.5, 0.6) is 0 Å². The van der Waals surface area contributed by atoms with Crippen molar-refractivity contribution in [2.45, 2.75) is 10.6 Å². The molecule has 0 atom stereocenters. The van der Waals surface area contributed by atoms with Gasteiger partial charge >= 0.3 is 0 Å². The third-order valence-corrected chi connectivity index (χ3v) is 3.54. The minimum absolute atomic E-state index is 0.143. The van der Waals surface area contributed by atoms with Crippen LogP contribution in [0.25, 0.3) is 0 Å². The molecule has 0 amide bonds. The lowest BCUT2D eigenvalue weighted by molar-refractivity contribution is 0.596. The minimum atomic E-state index is -3.87. The number of hydrogen-bond acceptors (Lipinski definition) is 4. The highest BCUT2D eigenvalue weighted by atomic mass is 32.2. The Bertz CT molecular complexity index is 560. The second-order valence-corrected chi connectivity index (χ2v) is 6.89. The fraction of sp³-hybridized carbons (Fsp3) is 0.250. The van der Waals surface area contributed by atoms with Crippen LogP contribution in [0.3, 0.4) is 0 Å². The number of rotatable bonds is 3. The summed E-state index contributed by atoms with van der Waals surface area (Å²) in [6.07, 6.45) is 1.03. The molecule has 0 heterocycles. The Labute approximate surface area is 88.9 Å².